The summed E-state index contributed by atoms with van der Waals surface area (Å²) in [6.07, 6.45) is 2.33. The Labute approximate surface area is 110 Å². The number of nitrogens with one attached hydrogen (secondary N) is 1. The van der Waals surface area contributed by atoms with Gasteiger partial charge in [0, 0.05) is 13.1 Å². The Hall–Kier alpha value is -0.650. The Morgan fingerprint density at radius 1 is 1.44 bits per heavy atom. The molecule has 1 aliphatic heterocycles. The highest BCUT2D eigenvalue weighted by atomic mass is 16.4. The van der Waals surface area contributed by atoms with Gasteiger partial charge >= 0.3 is 5.97 Å². The van der Waals surface area contributed by atoms with Crippen molar-refractivity contribution in [1.82, 2.24) is 15.1 Å². The zero-order valence-electron chi connectivity index (χ0n) is 12.1. The van der Waals surface area contributed by atoms with Gasteiger partial charge in [0.25, 0.3) is 0 Å². The van der Waals surface area contributed by atoms with Crippen molar-refractivity contribution in [3.05, 3.63) is 0 Å². The molecule has 1 heterocycles. The van der Waals surface area contributed by atoms with Gasteiger partial charge in [-0.25, -0.2) is 0 Å². The lowest BCUT2D eigenvalue weighted by Crippen LogP contribution is -2.56. The molecule has 1 fully saturated rings. The van der Waals surface area contributed by atoms with Gasteiger partial charge in [0.1, 0.15) is 5.54 Å². The monoisotopic (exact) mass is 257 g/mol. The lowest BCUT2D eigenvalue weighted by molar-refractivity contribution is -0.144. The van der Waals surface area contributed by atoms with E-state index in [1.165, 1.54) is 0 Å². The van der Waals surface area contributed by atoms with Crippen LogP contribution in [0.1, 0.15) is 19.8 Å². The minimum atomic E-state index is -0.839. The third-order valence-electron chi connectivity index (χ3n) is 3.89. The van der Waals surface area contributed by atoms with Crippen molar-refractivity contribution < 1.29 is 9.90 Å². The number of carboxylic acids is 1. The number of aliphatic carboxylic acids is 1. The van der Waals surface area contributed by atoms with E-state index in [0.29, 0.717) is 6.54 Å². The first-order valence-corrected chi connectivity index (χ1v) is 6.67. The Balaban J connectivity index is 2.41. The Kier molecular flexibility index (Phi) is 5.56. The van der Waals surface area contributed by atoms with Crippen LogP contribution in [0.25, 0.3) is 0 Å². The van der Waals surface area contributed by atoms with Crippen molar-refractivity contribution in [1.29, 1.82) is 0 Å². The number of rotatable bonds is 6. The Morgan fingerprint density at radius 3 is 2.39 bits per heavy atom. The number of likely N-dealkylation sites (N-methyl/N-ethyl adjacent to an activating group) is 1. The van der Waals surface area contributed by atoms with Crippen LogP contribution in [0.2, 0.25) is 0 Å². The van der Waals surface area contributed by atoms with Crippen LogP contribution in [0.15, 0.2) is 0 Å². The van der Waals surface area contributed by atoms with Crippen LogP contribution >= 0.6 is 0 Å². The van der Waals surface area contributed by atoms with E-state index in [1.54, 1.807) is 14.0 Å². The Morgan fingerprint density at radius 2 is 2.00 bits per heavy atom. The molecule has 5 nitrogen and oxygen atoms in total. The van der Waals surface area contributed by atoms with Crippen LogP contribution in [0, 0.1) is 5.92 Å². The number of nitrogens with zero attached hydrogens (tertiary/aromatic N) is 2. The third kappa shape index (κ3) is 4.23. The SMILES string of the molecule is CNC(C)(CN1CCC(CN(C)C)CC1)C(=O)O. The molecule has 2 N–H and O–H groups in total. The van der Waals surface area contributed by atoms with E-state index < -0.39 is 11.5 Å². The van der Waals surface area contributed by atoms with Gasteiger partial charge in [0.15, 0.2) is 0 Å². The van der Waals surface area contributed by atoms with Gasteiger partial charge in [-0.2, -0.15) is 0 Å². The molecule has 5 heteroatoms. The number of hydrogen-bond acceptors (Lipinski definition) is 4. The smallest absolute Gasteiger partial charge is 0.324 e. The molecule has 0 aromatic carbocycles. The van der Waals surface area contributed by atoms with Gasteiger partial charge in [-0.15, -0.1) is 0 Å². The molecule has 106 valence electrons. The summed E-state index contributed by atoms with van der Waals surface area (Å²) in [5.41, 5.74) is -0.839. The largest absolute Gasteiger partial charge is 0.480 e. The highest BCUT2D eigenvalue weighted by Crippen LogP contribution is 2.19. The second-order valence-corrected chi connectivity index (χ2v) is 5.87. The molecule has 0 aliphatic carbocycles. The normalized spacial score (nSPS) is 22.1. The molecule has 1 aliphatic rings. The standard InChI is InChI=1S/C13H27N3O2/c1-13(14-2,12(17)18)10-16-7-5-11(6-8-16)9-15(3)4/h11,14H,5-10H2,1-4H3,(H,17,18). The first-order valence-electron chi connectivity index (χ1n) is 6.67. The molecule has 1 saturated heterocycles. The number of carboxylic acid groups (broad SMARTS) is 1. The van der Waals surface area contributed by atoms with Gasteiger partial charge in [0.05, 0.1) is 0 Å². The second-order valence-electron chi connectivity index (χ2n) is 5.87. The van der Waals surface area contributed by atoms with Crippen molar-refractivity contribution >= 4 is 5.97 Å². The Bertz CT molecular complexity index is 275. The van der Waals surface area contributed by atoms with Gasteiger partial charge in [0.2, 0.25) is 0 Å². The first kappa shape index (κ1) is 15.4. The summed E-state index contributed by atoms with van der Waals surface area (Å²) in [6.45, 7) is 5.47. The van der Waals surface area contributed by atoms with Crippen molar-refractivity contribution in [2.45, 2.75) is 25.3 Å². The molecule has 0 radical (unpaired) electrons. The summed E-state index contributed by atoms with van der Waals surface area (Å²) in [7, 11) is 5.93. The lowest BCUT2D eigenvalue weighted by atomic mass is 9.94. The molecule has 1 rings (SSSR count). The molecule has 0 saturated carbocycles. The summed E-state index contributed by atoms with van der Waals surface area (Å²) in [6, 6.07) is 0. The summed E-state index contributed by atoms with van der Waals surface area (Å²) in [4.78, 5) is 15.7. The molecule has 0 spiro atoms. The highest BCUT2D eigenvalue weighted by molar-refractivity contribution is 5.78. The highest BCUT2D eigenvalue weighted by Gasteiger charge is 2.34. The van der Waals surface area contributed by atoms with Crippen LogP contribution in [-0.2, 0) is 4.79 Å². The predicted molar refractivity (Wildman–Crippen MR) is 72.8 cm³/mol. The van der Waals surface area contributed by atoms with E-state index in [9.17, 15) is 9.90 Å². The average molecular weight is 257 g/mol. The fraction of sp³-hybridized carbons (Fsp3) is 0.923. The topological polar surface area (TPSA) is 55.8 Å². The summed E-state index contributed by atoms with van der Waals surface area (Å²) >= 11 is 0. The van der Waals surface area contributed by atoms with Crippen LogP contribution < -0.4 is 5.32 Å². The maximum Gasteiger partial charge on any atom is 0.324 e. The molecule has 1 unspecified atom stereocenters. The van der Waals surface area contributed by atoms with Crippen LogP contribution in [-0.4, -0.2) is 73.7 Å². The van der Waals surface area contributed by atoms with Crippen LogP contribution in [0.4, 0.5) is 0 Å². The van der Waals surface area contributed by atoms with E-state index >= 15 is 0 Å². The van der Waals surface area contributed by atoms with Crippen LogP contribution in [0.5, 0.6) is 0 Å². The van der Waals surface area contributed by atoms with E-state index in [4.69, 9.17) is 0 Å². The zero-order chi connectivity index (χ0) is 13.8. The fourth-order valence-corrected chi connectivity index (χ4v) is 2.54. The lowest BCUT2D eigenvalue weighted by Gasteiger charge is -2.37. The molecule has 0 bridgehead atoms. The van der Waals surface area contributed by atoms with Crippen molar-refractivity contribution in [2.75, 3.05) is 47.3 Å². The van der Waals surface area contributed by atoms with E-state index in [1.807, 2.05) is 0 Å². The zero-order valence-corrected chi connectivity index (χ0v) is 12.1. The summed E-state index contributed by atoms with van der Waals surface area (Å²) in [5.74, 6) is -0.0256. The molecular weight excluding hydrogens is 230 g/mol. The molecule has 0 amide bonds. The van der Waals surface area contributed by atoms with Crippen molar-refractivity contribution in [3.8, 4) is 0 Å². The predicted octanol–water partition coefficient (Wildman–Crippen LogP) is 0.323. The van der Waals surface area contributed by atoms with Crippen molar-refractivity contribution in [2.24, 2.45) is 5.92 Å². The maximum absolute atomic E-state index is 11.2. The fourth-order valence-electron chi connectivity index (χ4n) is 2.54. The molecule has 18 heavy (non-hydrogen) atoms. The molecule has 0 aromatic rings. The van der Waals surface area contributed by atoms with Gasteiger partial charge < -0.3 is 20.2 Å². The van der Waals surface area contributed by atoms with Gasteiger partial charge in [-0.3, -0.25) is 4.79 Å². The summed E-state index contributed by atoms with van der Waals surface area (Å²) < 4.78 is 0. The van der Waals surface area contributed by atoms with E-state index in [0.717, 1.165) is 38.4 Å². The summed E-state index contributed by atoms with van der Waals surface area (Å²) in [5, 5.41) is 12.2. The molecule has 1 atom stereocenters. The third-order valence-corrected chi connectivity index (χ3v) is 3.89. The van der Waals surface area contributed by atoms with E-state index in [-0.39, 0.29) is 0 Å². The second kappa shape index (κ2) is 6.50. The van der Waals surface area contributed by atoms with Crippen LogP contribution in [0.3, 0.4) is 0 Å². The number of piperidine rings is 1. The number of hydrogen-bond donors (Lipinski definition) is 2. The van der Waals surface area contributed by atoms with E-state index in [2.05, 4.69) is 29.2 Å². The minimum absolute atomic E-state index is 0.577. The quantitative estimate of drug-likeness (QED) is 0.718. The number of carbonyl (C=O) groups is 1. The van der Waals surface area contributed by atoms with Crippen molar-refractivity contribution in [3.63, 3.8) is 0 Å². The first-order chi connectivity index (χ1) is 8.37. The minimum Gasteiger partial charge on any atom is -0.480 e. The molecular formula is C13H27N3O2. The average Bonchev–Trinajstić information content (AvgIpc) is 2.30. The molecule has 0 aromatic heterocycles. The van der Waals surface area contributed by atoms with Gasteiger partial charge in [-0.1, -0.05) is 0 Å². The number of likely N-dealkylation sites (tertiary alicyclic amines) is 1. The van der Waals surface area contributed by atoms with Gasteiger partial charge in [-0.05, 0) is 59.9 Å². The maximum atomic E-state index is 11.2.